The van der Waals surface area contributed by atoms with Gasteiger partial charge in [-0.15, -0.1) is 0 Å². The quantitative estimate of drug-likeness (QED) is 0.804. The molecule has 122 valence electrons. The number of nitrogens with zero attached hydrogens (tertiary/aromatic N) is 2. The summed E-state index contributed by atoms with van der Waals surface area (Å²) in [5.74, 6) is 1.71. The molecule has 0 aromatic heterocycles. The highest BCUT2D eigenvalue weighted by molar-refractivity contribution is 8.00. The first kappa shape index (κ1) is 16.1. The van der Waals surface area contributed by atoms with Crippen molar-refractivity contribution in [2.75, 3.05) is 43.9 Å². The van der Waals surface area contributed by atoms with Gasteiger partial charge in [-0.25, -0.2) is 8.42 Å². The van der Waals surface area contributed by atoms with Crippen LogP contribution in [0.3, 0.4) is 0 Å². The summed E-state index contributed by atoms with van der Waals surface area (Å²) in [5.41, 5.74) is 6.08. The van der Waals surface area contributed by atoms with E-state index in [1.165, 1.54) is 25.6 Å². The molecule has 3 fully saturated rings. The molecule has 5 nitrogen and oxygen atoms in total. The van der Waals surface area contributed by atoms with Crippen molar-refractivity contribution in [3.05, 3.63) is 0 Å². The molecule has 0 spiro atoms. The van der Waals surface area contributed by atoms with E-state index in [9.17, 15) is 8.42 Å². The van der Waals surface area contributed by atoms with Crippen LogP contribution in [0.4, 0.5) is 0 Å². The molecule has 0 saturated carbocycles. The molecule has 3 rings (SSSR count). The molecular weight excluding hydrogens is 306 g/mol. The first-order valence-electron chi connectivity index (χ1n) is 7.94. The number of fused-ring (bicyclic) bond motifs is 1. The number of piperidine rings is 1. The maximum Gasteiger partial charge on any atom is 0.164 e. The van der Waals surface area contributed by atoms with Crippen LogP contribution in [0, 0.1) is 0 Å². The molecule has 0 radical (unpaired) electrons. The van der Waals surface area contributed by atoms with E-state index < -0.39 is 9.84 Å². The van der Waals surface area contributed by atoms with Crippen molar-refractivity contribution in [2.45, 2.75) is 42.6 Å². The van der Waals surface area contributed by atoms with Gasteiger partial charge < -0.3 is 10.6 Å². The molecule has 21 heavy (non-hydrogen) atoms. The predicted molar refractivity (Wildman–Crippen MR) is 88.3 cm³/mol. The van der Waals surface area contributed by atoms with Gasteiger partial charge in [0.15, 0.2) is 9.84 Å². The first-order chi connectivity index (χ1) is 9.96. The molecule has 3 heterocycles. The molecule has 0 aromatic rings. The summed E-state index contributed by atoms with van der Waals surface area (Å²) >= 11 is 1.75. The molecule has 7 heteroatoms. The molecule has 3 saturated heterocycles. The minimum atomic E-state index is -3.06. The molecule has 3 aliphatic heterocycles. The van der Waals surface area contributed by atoms with E-state index >= 15 is 0 Å². The zero-order valence-corrected chi connectivity index (χ0v) is 14.5. The molecule has 0 aliphatic carbocycles. The van der Waals surface area contributed by atoms with E-state index in [1.54, 1.807) is 11.8 Å². The Balaban J connectivity index is 1.86. The second-order valence-corrected chi connectivity index (χ2v) is 10.1. The zero-order valence-electron chi connectivity index (χ0n) is 12.8. The number of nitrogens with two attached hydrogens (primary N) is 1. The minimum Gasteiger partial charge on any atom is -0.329 e. The number of rotatable bonds is 3. The number of sulfone groups is 1. The highest BCUT2D eigenvalue weighted by Gasteiger charge is 2.48. The van der Waals surface area contributed by atoms with Gasteiger partial charge in [0, 0.05) is 49.0 Å². The lowest BCUT2D eigenvalue weighted by Crippen LogP contribution is -2.66. The van der Waals surface area contributed by atoms with Crippen molar-refractivity contribution in [3.63, 3.8) is 0 Å². The van der Waals surface area contributed by atoms with Gasteiger partial charge >= 0.3 is 0 Å². The van der Waals surface area contributed by atoms with Crippen LogP contribution in [0.25, 0.3) is 0 Å². The van der Waals surface area contributed by atoms with Gasteiger partial charge in [0.1, 0.15) is 5.37 Å². The van der Waals surface area contributed by atoms with Crippen LogP contribution in [-0.4, -0.2) is 79.1 Å². The summed E-state index contributed by atoms with van der Waals surface area (Å²) in [4.78, 5) is 4.83. The number of hydrogen-bond donors (Lipinski definition) is 1. The van der Waals surface area contributed by atoms with Crippen LogP contribution in [-0.2, 0) is 9.84 Å². The minimum absolute atomic E-state index is 0.111. The lowest BCUT2D eigenvalue weighted by molar-refractivity contribution is 0.00749. The smallest absolute Gasteiger partial charge is 0.164 e. The van der Waals surface area contributed by atoms with E-state index in [1.807, 2.05) is 0 Å². The Morgan fingerprint density at radius 2 is 2.14 bits per heavy atom. The lowest BCUT2D eigenvalue weighted by Gasteiger charge is -2.53. The normalized spacial score (nSPS) is 39.3. The average molecular weight is 334 g/mol. The fourth-order valence-electron chi connectivity index (χ4n) is 4.35. The maximum atomic E-state index is 12.2. The first-order valence-corrected chi connectivity index (χ1v) is 11.0. The Hall–Kier alpha value is 0.180. The van der Waals surface area contributed by atoms with Gasteiger partial charge in [0.05, 0.1) is 0 Å². The van der Waals surface area contributed by atoms with Crippen LogP contribution in [0.15, 0.2) is 0 Å². The standard InChI is InChI=1S/C14H27N3O2S2/c1-21(18,19)13-10-20-8-7-17(13)14(11-15)4-6-16-5-2-3-12(16)9-14/h12-13H,2-11,15H2,1H3. The van der Waals surface area contributed by atoms with Crippen molar-refractivity contribution >= 4 is 21.6 Å². The molecular formula is C14H27N3O2S2. The summed E-state index contributed by atoms with van der Waals surface area (Å²) in [5, 5.41) is -0.354. The van der Waals surface area contributed by atoms with E-state index in [2.05, 4.69) is 9.80 Å². The summed E-state index contributed by atoms with van der Waals surface area (Å²) in [6.45, 7) is 3.71. The van der Waals surface area contributed by atoms with E-state index in [4.69, 9.17) is 5.73 Å². The molecule has 2 N–H and O–H groups in total. The molecule has 0 amide bonds. The van der Waals surface area contributed by atoms with Gasteiger partial charge in [0.25, 0.3) is 0 Å². The third kappa shape index (κ3) is 3.00. The average Bonchev–Trinajstić information content (AvgIpc) is 2.93. The van der Waals surface area contributed by atoms with Gasteiger partial charge in [0.2, 0.25) is 0 Å². The van der Waals surface area contributed by atoms with Crippen molar-refractivity contribution in [1.82, 2.24) is 9.80 Å². The van der Waals surface area contributed by atoms with E-state index in [0.29, 0.717) is 18.3 Å². The van der Waals surface area contributed by atoms with Crippen molar-refractivity contribution in [3.8, 4) is 0 Å². The fraction of sp³-hybridized carbons (Fsp3) is 1.00. The van der Waals surface area contributed by atoms with Crippen LogP contribution in [0.1, 0.15) is 25.7 Å². The maximum absolute atomic E-state index is 12.2. The molecule has 3 atom stereocenters. The van der Waals surface area contributed by atoms with Crippen molar-refractivity contribution in [1.29, 1.82) is 0 Å². The predicted octanol–water partition coefficient (Wildman–Crippen LogP) is 0.362. The molecule has 0 bridgehead atoms. The van der Waals surface area contributed by atoms with Gasteiger partial charge in [-0.2, -0.15) is 11.8 Å². The number of hydrogen-bond acceptors (Lipinski definition) is 6. The SMILES string of the molecule is CS(=O)(=O)C1CSCCN1C1(CN)CCN2CCCC2C1. The third-order valence-corrected chi connectivity index (χ3v) is 8.19. The molecule has 0 aromatic carbocycles. The van der Waals surface area contributed by atoms with Gasteiger partial charge in [-0.3, -0.25) is 4.90 Å². The topological polar surface area (TPSA) is 66.6 Å². The zero-order chi connectivity index (χ0) is 15.1. The largest absolute Gasteiger partial charge is 0.329 e. The van der Waals surface area contributed by atoms with Gasteiger partial charge in [-0.05, 0) is 32.2 Å². The van der Waals surface area contributed by atoms with Crippen LogP contribution < -0.4 is 5.73 Å². The van der Waals surface area contributed by atoms with Gasteiger partial charge in [-0.1, -0.05) is 0 Å². The molecule has 3 aliphatic rings. The Kier molecular flexibility index (Phi) is 4.59. The van der Waals surface area contributed by atoms with Crippen molar-refractivity contribution in [2.24, 2.45) is 5.73 Å². The Labute approximate surface area is 132 Å². The van der Waals surface area contributed by atoms with Crippen LogP contribution >= 0.6 is 11.8 Å². The Bertz CT molecular complexity index is 485. The second-order valence-electron chi connectivity index (χ2n) is 6.77. The third-order valence-electron chi connectivity index (χ3n) is 5.55. The summed E-state index contributed by atoms with van der Waals surface area (Å²) in [6, 6.07) is 0.608. The Morgan fingerprint density at radius 3 is 2.86 bits per heavy atom. The fourth-order valence-corrected chi connectivity index (χ4v) is 7.30. The molecule has 3 unspecified atom stereocenters. The van der Waals surface area contributed by atoms with Crippen LogP contribution in [0.2, 0.25) is 0 Å². The summed E-state index contributed by atoms with van der Waals surface area (Å²) < 4.78 is 24.4. The van der Waals surface area contributed by atoms with E-state index in [0.717, 1.165) is 31.7 Å². The monoisotopic (exact) mass is 333 g/mol. The highest BCUT2D eigenvalue weighted by atomic mass is 32.2. The number of thioether (sulfide) groups is 1. The lowest BCUT2D eigenvalue weighted by atomic mass is 9.81. The van der Waals surface area contributed by atoms with Crippen molar-refractivity contribution < 1.29 is 8.42 Å². The second kappa shape index (κ2) is 6.00. The van der Waals surface area contributed by atoms with E-state index in [-0.39, 0.29) is 10.9 Å². The summed E-state index contributed by atoms with van der Waals surface area (Å²) in [6.07, 6.45) is 5.95. The highest BCUT2D eigenvalue weighted by Crippen LogP contribution is 2.39. The van der Waals surface area contributed by atoms with Crippen LogP contribution in [0.5, 0.6) is 0 Å². The Morgan fingerprint density at radius 1 is 1.33 bits per heavy atom. The summed E-state index contributed by atoms with van der Waals surface area (Å²) in [7, 11) is -3.06.